The Morgan fingerprint density at radius 3 is 2.67 bits per heavy atom. The number of anilines is 2. The molecule has 5 rings (SSSR count). The van der Waals surface area contributed by atoms with E-state index in [2.05, 4.69) is 15.5 Å². The number of amides is 2. The molecule has 33 heavy (non-hydrogen) atoms. The summed E-state index contributed by atoms with van der Waals surface area (Å²) in [4.78, 5) is 31.7. The number of aryl methyl sites for hydroxylation is 4. The first kappa shape index (κ1) is 20.9. The molecule has 0 saturated carbocycles. The highest BCUT2D eigenvalue weighted by molar-refractivity contribution is 6.13. The third kappa shape index (κ3) is 3.67. The van der Waals surface area contributed by atoms with Crippen LogP contribution >= 0.6 is 0 Å². The van der Waals surface area contributed by atoms with Crippen molar-refractivity contribution in [3.05, 3.63) is 58.7 Å². The van der Waals surface area contributed by atoms with Gasteiger partial charge in [0.15, 0.2) is 0 Å². The molecule has 0 spiro atoms. The number of nitrogens with zero attached hydrogens (tertiary/aromatic N) is 3. The highest BCUT2D eigenvalue weighted by Crippen LogP contribution is 2.32. The lowest BCUT2D eigenvalue weighted by molar-refractivity contribution is -0.116. The Morgan fingerprint density at radius 1 is 1.12 bits per heavy atom. The van der Waals surface area contributed by atoms with E-state index in [-0.39, 0.29) is 11.8 Å². The minimum Gasteiger partial charge on any atom is -0.466 e. The first-order chi connectivity index (χ1) is 15.8. The van der Waals surface area contributed by atoms with E-state index in [4.69, 9.17) is 8.94 Å². The molecule has 0 bridgehead atoms. The molecule has 8 nitrogen and oxygen atoms in total. The summed E-state index contributed by atoms with van der Waals surface area (Å²) in [5.41, 5.74) is 5.32. The van der Waals surface area contributed by atoms with Gasteiger partial charge in [-0.1, -0.05) is 5.16 Å². The van der Waals surface area contributed by atoms with Crippen LogP contribution in [-0.2, 0) is 11.2 Å². The van der Waals surface area contributed by atoms with Crippen molar-refractivity contribution < 1.29 is 18.5 Å². The molecular weight excluding hydrogens is 420 g/mol. The largest absolute Gasteiger partial charge is 0.466 e. The standard InChI is InChI=1S/C25H24N4O4/c1-13-10-19(15(3)32-13)21-12-20(23-14(2)28-33-25(23)27-21)24(31)26-18-7-8-22-17(11-18)6-5-9-29(22)16(4)30/h7-8,10-12H,5-6,9H2,1-4H3,(H,26,31). The molecule has 2 amide bonds. The molecule has 0 unspecified atom stereocenters. The fraction of sp³-hybridized carbons (Fsp3) is 0.280. The van der Waals surface area contributed by atoms with Crippen LogP contribution in [0.1, 0.15) is 46.5 Å². The van der Waals surface area contributed by atoms with Gasteiger partial charge in [-0.25, -0.2) is 4.98 Å². The van der Waals surface area contributed by atoms with Crippen molar-refractivity contribution in [1.82, 2.24) is 10.1 Å². The van der Waals surface area contributed by atoms with Crippen LogP contribution in [0.25, 0.3) is 22.4 Å². The van der Waals surface area contributed by atoms with Crippen LogP contribution in [-0.4, -0.2) is 28.5 Å². The van der Waals surface area contributed by atoms with Gasteiger partial charge in [0.2, 0.25) is 5.91 Å². The average molecular weight is 444 g/mol. The normalized spacial score (nSPS) is 13.3. The Balaban J connectivity index is 1.53. The number of hydrogen-bond acceptors (Lipinski definition) is 6. The number of nitrogens with one attached hydrogen (secondary N) is 1. The Hall–Kier alpha value is -3.94. The van der Waals surface area contributed by atoms with Crippen molar-refractivity contribution in [2.75, 3.05) is 16.8 Å². The second-order valence-corrected chi connectivity index (χ2v) is 8.40. The predicted molar refractivity (Wildman–Crippen MR) is 124 cm³/mol. The Labute approximate surface area is 190 Å². The molecule has 3 aromatic heterocycles. The SMILES string of the molecule is CC(=O)N1CCCc2cc(NC(=O)c3cc(-c4cc(C)oc4C)nc4onc(C)c34)ccc21. The topological polar surface area (TPSA) is 101 Å². The minimum absolute atomic E-state index is 0.0205. The summed E-state index contributed by atoms with van der Waals surface area (Å²) in [6.07, 6.45) is 1.75. The quantitative estimate of drug-likeness (QED) is 0.479. The van der Waals surface area contributed by atoms with Crippen LogP contribution in [0.3, 0.4) is 0 Å². The lowest BCUT2D eigenvalue weighted by Crippen LogP contribution is -2.33. The molecule has 168 valence electrons. The predicted octanol–water partition coefficient (Wildman–Crippen LogP) is 4.96. The van der Waals surface area contributed by atoms with Crippen LogP contribution in [0.15, 0.2) is 39.3 Å². The zero-order chi connectivity index (χ0) is 23.3. The second-order valence-electron chi connectivity index (χ2n) is 8.40. The van der Waals surface area contributed by atoms with Gasteiger partial charge in [-0.05, 0) is 69.5 Å². The Bertz CT molecular complexity index is 1420. The van der Waals surface area contributed by atoms with Crippen LogP contribution in [0.5, 0.6) is 0 Å². The number of rotatable bonds is 3. The molecule has 4 heterocycles. The summed E-state index contributed by atoms with van der Waals surface area (Å²) in [7, 11) is 0. The Kier molecular flexibility index (Phi) is 5.00. The molecule has 0 fully saturated rings. The van der Waals surface area contributed by atoms with Gasteiger partial charge in [0.1, 0.15) is 11.5 Å². The van der Waals surface area contributed by atoms with Crippen molar-refractivity contribution in [3.8, 4) is 11.3 Å². The summed E-state index contributed by atoms with van der Waals surface area (Å²) in [6, 6.07) is 9.28. The van der Waals surface area contributed by atoms with Gasteiger partial charge in [0.25, 0.3) is 11.6 Å². The maximum Gasteiger partial charge on any atom is 0.259 e. The van der Waals surface area contributed by atoms with Gasteiger partial charge in [0, 0.05) is 30.4 Å². The number of carbonyl (C=O) groups excluding carboxylic acids is 2. The number of aromatic nitrogens is 2. The van der Waals surface area contributed by atoms with E-state index in [9.17, 15) is 9.59 Å². The van der Waals surface area contributed by atoms with Gasteiger partial charge >= 0.3 is 0 Å². The van der Waals surface area contributed by atoms with E-state index >= 15 is 0 Å². The van der Waals surface area contributed by atoms with Crippen LogP contribution in [0.4, 0.5) is 11.4 Å². The van der Waals surface area contributed by atoms with Crippen molar-refractivity contribution in [3.63, 3.8) is 0 Å². The summed E-state index contributed by atoms with van der Waals surface area (Å²) in [5, 5.41) is 7.59. The third-order valence-corrected chi connectivity index (χ3v) is 6.01. The highest BCUT2D eigenvalue weighted by atomic mass is 16.5. The zero-order valence-electron chi connectivity index (χ0n) is 19.0. The van der Waals surface area contributed by atoms with Crippen molar-refractivity contribution in [2.24, 2.45) is 0 Å². The van der Waals surface area contributed by atoms with E-state index in [1.807, 2.05) is 38.1 Å². The molecule has 0 atom stereocenters. The number of fused-ring (bicyclic) bond motifs is 2. The zero-order valence-corrected chi connectivity index (χ0v) is 19.0. The van der Waals surface area contributed by atoms with E-state index in [1.165, 1.54) is 0 Å². The molecule has 0 radical (unpaired) electrons. The van der Waals surface area contributed by atoms with E-state index in [0.29, 0.717) is 46.0 Å². The van der Waals surface area contributed by atoms with E-state index < -0.39 is 0 Å². The smallest absolute Gasteiger partial charge is 0.259 e. The fourth-order valence-electron chi connectivity index (χ4n) is 4.50. The first-order valence-corrected chi connectivity index (χ1v) is 10.9. The maximum absolute atomic E-state index is 13.4. The summed E-state index contributed by atoms with van der Waals surface area (Å²) in [6.45, 7) is 7.79. The summed E-state index contributed by atoms with van der Waals surface area (Å²) < 4.78 is 11.0. The molecule has 1 aromatic carbocycles. The molecule has 4 aromatic rings. The van der Waals surface area contributed by atoms with Crippen molar-refractivity contribution in [1.29, 1.82) is 0 Å². The number of carbonyl (C=O) groups is 2. The van der Waals surface area contributed by atoms with E-state index in [0.717, 1.165) is 35.4 Å². The summed E-state index contributed by atoms with van der Waals surface area (Å²) >= 11 is 0. The highest BCUT2D eigenvalue weighted by Gasteiger charge is 2.23. The lowest BCUT2D eigenvalue weighted by Gasteiger charge is -2.29. The molecular formula is C25H24N4O4. The van der Waals surface area contributed by atoms with Crippen LogP contribution in [0, 0.1) is 20.8 Å². The van der Waals surface area contributed by atoms with Crippen LogP contribution in [0.2, 0.25) is 0 Å². The molecule has 0 aliphatic carbocycles. The van der Waals surface area contributed by atoms with Gasteiger partial charge < -0.3 is 19.2 Å². The summed E-state index contributed by atoms with van der Waals surface area (Å²) in [5.74, 6) is 1.21. The third-order valence-electron chi connectivity index (χ3n) is 6.01. The number of benzene rings is 1. The monoisotopic (exact) mass is 444 g/mol. The minimum atomic E-state index is -0.285. The van der Waals surface area contributed by atoms with Gasteiger partial charge in [-0.2, -0.15) is 0 Å². The first-order valence-electron chi connectivity index (χ1n) is 10.9. The fourth-order valence-corrected chi connectivity index (χ4v) is 4.50. The van der Waals surface area contributed by atoms with Crippen molar-refractivity contribution in [2.45, 2.75) is 40.5 Å². The molecule has 1 aliphatic heterocycles. The van der Waals surface area contributed by atoms with Crippen LogP contribution < -0.4 is 10.2 Å². The average Bonchev–Trinajstić information content (AvgIpc) is 3.33. The van der Waals surface area contributed by atoms with Gasteiger partial charge in [-0.15, -0.1) is 0 Å². The number of pyridine rings is 1. The molecule has 1 N–H and O–H groups in total. The van der Waals surface area contributed by atoms with E-state index in [1.54, 1.807) is 24.8 Å². The van der Waals surface area contributed by atoms with Gasteiger partial charge in [-0.3, -0.25) is 9.59 Å². The Morgan fingerprint density at radius 2 is 1.94 bits per heavy atom. The molecule has 0 saturated heterocycles. The number of furan rings is 1. The van der Waals surface area contributed by atoms with Gasteiger partial charge in [0.05, 0.1) is 22.3 Å². The second kappa shape index (κ2) is 7.88. The maximum atomic E-state index is 13.4. The van der Waals surface area contributed by atoms with Crippen molar-refractivity contribution >= 4 is 34.3 Å². The molecule has 1 aliphatic rings. The number of hydrogen-bond donors (Lipinski definition) is 1. The lowest BCUT2D eigenvalue weighted by atomic mass is 10.0. The molecule has 8 heteroatoms.